The van der Waals surface area contributed by atoms with Crippen molar-refractivity contribution in [3.63, 3.8) is 0 Å². The van der Waals surface area contributed by atoms with Gasteiger partial charge in [-0.3, -0.25) is 5.32 Å². The van der Waals surface area contributed by atoms with E-state index in [1.165, 1.54) is 0 Å². The third-order valence-corrected chi connectivity index (χ3v) is 4.69. The average Bonchev–Trinajstić information content (AvgIpc) is 3.19. The molecule has 3 fully saturated rings. The zero-order valence-corrected chi connectivity index (χ0v) is 15.8. The van der Waals surface area contributed by atoms with E-state index in [0.29, 0.717) is 12.3 Å². The van der Waals surface area contributed by atoms with E-state index >= 15 is 0 Å². The number of anilines is 1. The van der Waals surface area contributed by atoms with Crippen LogP contribution < -0.4 is 5.32 Å². The van der Waals surface area contributed by atoms with Crippen LogP contribution in [0, 0.1) is 0 Å². The maximum atomic E-state index is 12.4. The van der Waals surface area contributed by atoms with Crippen molar-refractivity contribution in [2.45, 2.75) is 70.0 Å². The SMILES string of the molecule is CC1(C)OCC(C2O[C@@H]3OC(C)(C)OC3C2OC(=O)Nc2ccccc2)O1. The average molecular weight is 379 g/mol. The number of amides is 1. The van der Waals surface area contributed by atoms with Crippen LogP contribution in [0.25, 0.3) is 0 Å². The molecule has 5 atom stereocenters. The summed E-state index contributed by atoms with van der Waals surface area (Å²) in [6, 6.07) is 9.08. The highest BCUT2D eigenvalue weighted by molar-refractivity contribution is 5.84. The first-order chi connectivity index (χ1) is 12.7. The van der Waals surface area contributed by atoms with E-state index in [-0.39, 0.29) is 0 Å². The molecule has 0 aliphatic carbocycles. The Morgan fingerprint density at radius 3 is 2.44 bits per heavy atom. The Hall–Kier alpha value is -1.71. The van der Waals surface area contributed by atoms with Gasteiger partial charge < -0.3 is 28.4 Å². The van der Waals surface area contributed by atoms with Gasteiger partial charge in [-0.1, -0.05) is 18.2 Å². The van der Waals surface area contributed by atoms with E-state index in [9.17, 15) is 4.79 Å². The van der Waals surface area contributed by atoms with E-state index in [1.807, 2.05) is 32.0 Å². The lowest BCUT2D eigenvalue weighted by Crippen LogP contribution is -2.45. The molecule has 1 N–H and O–H groups in total. The van der Waals surface area contributed by atoms with Crippen molar-refractivity contribution in [2.75, 3.05) is 11.9 Å². The standard InChI is InChI=1S/C19H25NO7/c1-18(2)22-10-12(25-18)13-14(15-16(23-13)27-19(3,4)26-15)24-17(21)20-11-8-6-5-7-9-11/h5-9,12-16H,10H2,1-4H3,(H,20,21)/t12?,13?,14?,15?,16-/m1/s1. The molecule has 0 spiro atoms. The van der Waals surface area contributed by atoms with Crippen LogP contribution in [0.3, 0.4) is 0 Å². The number of carbonyl (C=O) groups excluding carboxylic acids is 1. The van der Waals surface area contributed by atoms with E-state index in [1.54, 1.807) is 26.0 Å². The first kappa shape index (κ1) is 18.6. The molecule has 3 saturated heterocycles. The molecule has 3 aliphatic heterocycles. The number of hydrogen-bond acceptors (Lipinski definition) is 7. The number of ether oxygens (including phenoxy) is 6. The number of hydrogen-bond donors (Lipinski definition) is 1. The second-order valence-corrected chi connectivity index (χ2v) is 7.80. The fourth-order valence-electron chi connectivity index (χ4n) is 3.61. The summed E-state index contributed by atoms with van der Waals surface area (Å²) < 4.78 is 35.0. The van der Waals surface area contributed by atoms with Gasteiger partial charge in [0, 0.05) is 5.69 Å². The normalized spacial score (nSPS) is 36.4. The minimum absolute atomic E-state index is 0.334. The van der Waals surface area contributed by atoms with Crippen LogP contribution in [0.1, 0.15) is 27.7 Å². The predicted octanol–water partition coefficient (Wildman–Crippen LogP) is 2.63. The topological polar surface area (TPSA) is 84.5 Å². The summed E-state index contributed by atoms with van der Waals surface area (Å²) in [5.74, 6) is -1.53. The summed E-state index contributed by atoms with van der Waals surface area (Å²) in [5, 5.41) is 2.71. The van der Waals surface area contributed by atoms with Gasteiger partial charge in [-0.05, 0) is 39.8 Å². The van der Waals surface area contributed by atoms with Crippen molar-refractivity contribution in [1.82, 2.24) is 0 Å². The largest absolute Gasteiger partial charge is 0.440 e. The molecule has 0 saturated carbocycles. The number of para-hydroxylation sites is 1. The van der Waals surface area contributed by atoms with E-state index < -0.39 is 48.4 Å². The molecule has 4 rings (SSSR count). The van der Waals surface area contributed by atoms with E-state index in [0.717, 1.165) is 0 Å². The number of fused-ring (bicyclic) bond motifs is 1. The Labute approximate surface area is 158 Å². The molecule has 1 aromatic carbocycles. The quantitative estimate of drug-likeness (QED) is 0.864. The van der Waals surface area contributed by atoms with Crippen molar-refractivity contribution in [1.29, 1.82) is 0 Å². The van der Waals surface area contributed by atoms with Gasteiger partial charge in [-0.2, -0.15) is 0 Å². The van der Waals surface area contributed by atoms with Crippen LogP contribution in [0.5, 0.6) is 0 Å². The Morgan fingerprint density at radius 1 is 1.04 bits per heavy atom. The maximum absolute atomic E-state index is 12.4. The third kappa shape index (κ3) is 3.95. The highest BCUT2D eigenvalue weighted by Gasteiger charge is 2.60. The highest BCUT2D eigenvalue weighted by atomic mass is 16.9. The van der Waals surface area contributed by atoms with Crippen LogP contribution >= 0.6 is 0 Å². The Kier molecular flexibility index (Phi) is 4.64. The van der Waals surface area contributed by atoms with Crippen molar-refractivity contribution in [3.05, 3.63) is 30.3 Å². The predicted molar refractivity (Wildman–Crippen MR) is 93.9 cm³/mol. The van der Waals surface area contributed by atoms with Crippen LogP contribution in [0.15, 0.2) is 30.3 Å². The van der Waals surface area contributed by atoms with Gasteiger partial charge in [0.25, 0.3) is 0 Å². The molecule has 8 nitrogen and oxygen atoms in total. The Morgan fingerprint density at radius 2 is 1.78 bits per heavy atom. The second kappa shape index (κ2) is 6.72. The summed E-state index contributed by atoms with van der Waals surface area (Å²) >= 11 is 0. The summed E-state index contributed by atoms with van der Waals surface area (Å²) in [7, 11) is 0. The summed E-state index contributed by atoms with van der Waals surface area (Å²) in [6.45, 7) is 7.58. The molecular weight excluding hydrogens is 354 g/mol. The molecule has 1 amide bonds. The van der Waals surface area contributed by atoms with Crippen LogP contribution in [0.2, 0.25) is 0 Å². The summed E-state index contributed by atoms with van der Waals surface area (Å²) in [4.78, 5) is 12.4. The maximum Gasteiger partial charge on any atom is 0.412 e. The molecule has 0 aromatic heterocycles. The zero-order valence-electron chi connectivity index (χ0n) is 15.8. The van der Waals surface area contributed by atoms with Crippen LogP contribution in [-0.4, -0.2) is 55.0 Å². The zero-order chi connectivity index (χ0) is 19.2. The van der Waals surface area contributed by atoms with Gasteiger partial charge in [-0.15, -0.1) is 0 Å². The lowest BCUT2D eigenvalue weighted by atomic mass is 10.1. The van der Waals surface area contributed by atoms with Crippen molar-refractivity contribution in [2.24, 2.45) is 0 Å². The van der Waals surface area contributed by atoms with Crippen LogP contribution in [-0.2, 0) is 28.4 Å². The first-order valence-corrected chi connectivity index (χ1v) is 9.08. The van der Waals surface area contributed by atoms with Crippen molar-refractivity contribution < 1.29 is 33.2 Å². The van der Waals surface area contributed by atoms with Gasteiger partial charge in [0.15, 0.2) is 30.1 Å². The van der Waals surface area contributed by atoms with E-state index in [4.69, 9.17) is 28.4 Å². The molecular formula is C19H25NO7. The molecule has 3 aliphatic rings. The van der Waals surface area contributed by atoms with E-state index in [2.05, 4.69) is 5.32 Å². The van der Waals surface area contributed by atoms with Gasteiger partial charge >= 0.3 is 6.09 Å². The Bertz CT molecular complexity index is 693. The molecule has 0 radical (unpaired) electrons. The molecule has 148 valence electrons. The van der Waals surface area contributed by atoms with Crippen molar-refractivity contribution in [3.8, 4) is 0 Å². The summed E-state index contributed by atoms with van der Waals surface area (Å²) in [5.41, 5.74) is 0.639. The summed E-state index contributed by atoms with van der Waals surface area (Å²) in [6.07, 6.45) is -3.41. The molecule has 3 heterocycles. The van der Waals surface area contributed by atoms with Gasteiger partial charge in [0.2, 0.25) is 0 Å². The molecule has 8 heteroatoms. The molecule has 1 aromatic rings. The molecule has 4 unspecified atom stereocenters. The molecule has 27 heavy (non-hydrogen) atoms. The number of nitrogens with one attached hydrogen (secondary N) is 1. The third-order valence-electron chi connectivity index (χ3n) is 4.69. The smallest absolute Gasteiger partial charge is 0.412 e. The lowest BCUT2D eigenvalue weighted by molar-refractivity contribution is -0.231. The highest BCUT2D eigenvalue weighted by Crippen LogP contribution is 2.42. The fourth-order valence-corrected chi connectivity index (χ4v) is 3.61. The minimum Gasteiger partial charge on any atom is -0.440 e. The van der Waals surface area contributed by atoms with Crippen molar-refractivity contribution >= 4 is 11.8 Å². The first-order valence-electron chi connectivity index (χ1n) is 9.08. The minimum atomic E-state index is -0.815. The molecule has 0 bridgehead atoms. The second-order valence-electron chi connectivity index (χ2n) is 7.80. The Balaban J connectivity index is 1.49. The van der Waals surface area contributed by atoms with Crippen LogP contribution in [0.4, 0.5) is 10.5 Å². The number of carbonyl (C=O) groups is 1. The fraction of sp³-hybridized carbons (Fsp3) is 0.632. The van der Waals surface area contributed by atoms with Gasteiger partial charge in [0.05, 0.1) is 6.61 Å². The number of rotatable bonds is 3. The van der Waals surface area contributed by atoms with Gasteiger partial charge in [0.1, 0.15) is 12.2 Å². The lowest BCUT2D eigenvalue weighted by Gasteiger charge is -2.28. The van der Waals surface area contributed by atoms with Gasteiger partial charge in [-0.25, -0.2) is 4.79 Å². The monoisotopic (exact) mass is 379 g/mol. The number of benzene rings is 1.